The molecular weight excluding hydrogens is 463 g/mol. The van der Waals surface area contributed by atoms with Crippen LogP contribution in [0.4, 0.5) is 13.2 Å². The molecule has 0 spiro atoms. The Bertz CT molecular complexity index is 1200. The van der Waals surface area contributed by atoms with Crippen molar-refractivity contribution in [3.63, 3.8) is 0 Å². The van der Waals surface area contributed by atoms with Gasteiger partial charge in [-0.2, -0.15) is 18.3 Å². The van der Waals surface area contributed by atoms with Crippen LogP contribution in [0.1, 0.15) is 35.6 Å². The van der Waals surface area contributed by atoms with Crippen LogP contribution in [-0.4, -0.2) is 64.0 Å². The van der Waals surface area contributed by atoms with Crippen molar-refractivity contribution in [1.29, 1.82) is 0 Å². The van der Waals surface area contributed by atoms with Crippen LogP contribution in [0.3, 0.4) is 0 Å². The molecule has 3 heterocycles. The largest absolute Gasteiger partial charge is 0.489 e. The molecule has 0 saturated carbocycles. The van der Waals surface area contributed by atoms with Gasteiger partial charge in [-0.15, -0.1) is 0 Å². The van der Waals surface area contributed by atoms with Crippen molar-refractivity contribution >= 4 is 16.8 Å². The molecule has 4 rings (SSSR count). The molecule has 0 aliphatic carbocycles. The molecule has 8 nitrogen and oxygen atoms in total. The van der Waals surface area contributed by atoms with E-state index in [9.17, 15) is 18.0 Å². The lowest BCUT2D eigenvalue weighted by atomic mass is 10.0. The lowest BCUT2D eigenvalue weighted by molar-refractivity contribution is -0.142. The second-order valence-corrected chi connectivity index (χ2v) is 9.04. The normalized spacial score (nSPS) is 15.4. The number of nitrogens with zero attached hydrogens (tertiary/aromatic N) is 4. The number of alkyl halides is 3. The van der Waals surface area contributed by atoms with E-state index >= 15 is 0 Å². The Morgan fingerprint density at radius 3 is 2.66 bits per heavy atom. The van der Waals surface area contributed by atoms with Crippen molar-refractivity contribution in [1.82, 2.24) is 25.0 Å². The molecule has 1 N–H and O–H groups in total. The number of rotatable bonds is 7. The average Bonchev–Trinajstić information content (AvgIpc) is 3.16. The van der Waals surface area contributed by atoms with Gasteiger partial charge in [0, 0.05) is 49.4 Å². The predicted molar refractivity (Wildman–Crippen MR) is 123 cm³/mol. The summed E-state index contributed by atoms with van der Waals surface area (Å²) in [6, 6.07) is 7.66. The predicted octanol–water partition coefficient (Wildman–Crippen LogP) is 3.41. The third kappa shape index (κ3) is 5.57. The van der Waals surface area contributed by atoms with Gasteiger partial charge < -0.3 is 14.8 Å². The third-order valence-electron chi connectivity index (χ3n) is 6.12. The first-order valence-electron chi connectivity index (χ1n) is 11.3. The van der Waals surface area contributed by atoms with E-state index in [1.54, 1.807) is 25.2 Å². The molecule has 1 fully saturated rings. The third-order valence-corrected chi connectivity index (χ3v) is 6.12. The van der Waals surface area contributed by atoms with Crippen molar-refractivity contribution in [3.8, 4) is 5.75 Å². The van der Waals surface area contributed by atoms with Crippen LogP contribution in [0.25, 0.3) is 10.9 Å². The Hall–Kier alpha value is -3.18. The van der Waals surface area contributed by atoms with E-state index in [4.69, 9.17) is 9.47 Å². The molecule has 1 aliphatic heterocycles. The van der Waals surface area contributed by atoms with E-state index in [1.807, 2.05) is 0 Å². The van der Waals surface area contributed by atoms with Gasteiger partial charge in [0.05, 0.1) is 18.7 Å². The number of aryl methyl sites for hydroxylation is 1. The fourth-order valence-electron chi connectivity index (χ4n) is 4.17. The Labute approximate surface area is 201 Å². The first-order chi connectivity index (χ1) is 16.6. The van der Waals surface area contributed by atoms with Gasteiger partial charge in [-0.3, -0.25) is 19.4 Å². The second-order valence-electron chi connectivity index (χ2n) is 9.04. The molecule has 11 heteroatoms. The maximum atomic E-state index is 13.2. The van der Waals surface area contributed by atoms with E-state index in [0.717, 1.165) is 19.3 Å². The van der Waals surface area contributed by atoms with Gasteiger partial charge in [-0.25, -0.2) is 0 Å². The van der Waals surface area contributed by atoms with Crippen LogP contribution in [0.5, 0.6) is 5.75 Å². The first-order valence-corrected chi connectivity index (χ1v) is 11.3. The summed E-state index contributed by atoms with van der Waals surface area (Å²) in [6.45, 7) is 7.17. The number of hydrogen-bond acceptors (Lipinski definition) is 6. The molecular formula is C24H28F3N5O3. The van der Waals surface area contributed by atoms with E-state index in [-0.39, 0.29) is 23.6 Å². The van der Waals surface area contributed by atoms with Crippen LogP contribution in [0.15, 0.2) is 36.5 Å². The minimum Gasteiger partial charge on any atom is -0.489 e. The minimum absolute atomic E-state index is 0.0744. The van der Waals surface area contributed by atoms with Gasteiger partial charge in [-0.05, 0) is 38.1 Å². The lowest BCUT2D eigenvalue weighted by Crippen LogP contribution is -2.55. The zero-order valence-electron chi connectivity index (χ0n) is 19.9. The number of benzene rings is 1. The molecule has 1 aliphatic rings. The smallest absolute Gasteiger partial charge is 0.433 e. The van der Waals surface area contributed by atoms with Crippen LogP contribution in [-0.2, 0) is 24.6 Å². The molecule has 0 bridgehead atoms. The number of aromatic nitrogens is 3. The van der Waals surface area contributed by atoms with Gasteiger partial charge in [0.2, 0.25) is 0 Å². The van der Waals surface area contributed by atoms with Crippen LogP contribution >= 0.6 is 0 Å². The zero-order valence-corrected chi connectivity index (χ0v) is 19.9. The van der Waals surface area contributed by atoms with Gasteiger partial charge in [0.25, 0.3) is 5.91 Å². The van der Waals surface area contributed by atoms with E-state index in [1.165, 1.54) is 16.8 Å². The fourth-order valence-corrected chi connectivity index (χ4v) is 4.17. The van der Waals surface area contributed by atoms with Crippen LogP contribution < -0.4 is 10.1 Å². The second kappa shape index (κ2) is 9.82. The number of hydrogen-bond donors (Lipinski definition) is 1. The molecule has 0 atom stereocenters. The van der Waals surface area contributed by atoms with Crippen LogP contribution in [0, 0.1) is 0 Å². The van der Waals surface area contributed by atoms with Gasteiger partial charge in [-0.1, -0.05) is 6.07 Å². The summed E-state index contributed by atoms with van der Waals surface area (Å²) >= 11 is 0. The standard InChI is InChI=1S/C24H28F3N5O3/c1-23(2,32-9-11-34-12-10-32)15-29-22(33)20-18-13-17(6-7-19(18)30-31(20)3)35-14-16-5-4-8-28-21(16)24(25,26)27/h4-8,13H,9-12,14-15H2,1-3H3,(H,29,33). The Morgan fingerprint density at radius 2 is 1.94 bits per heavy atom. The topological polar surface area (TPSA) is 81.5 Å². The molecule has 0 radical (unpaired) electrons. The monoisotopic (exact) mass is 491 g/mol. The molecule has 3 aromatic rings. The van der Waals surface area contributed by atoms with Gasteiger partial charge in [0.15, 0.2) is 5.69 Å². The molecule has 1 saturated heterocycles. The number of nitrogens with one attached hydrogen (secondary N) is 1. The van der Waals surface area contributed by atoms with E-state index < -0.39 is 11.9 Å². The fraction of sp³-hybridized carbons (Fsp3) is 0.458. The SMILES string of the molecule is Cn1nc2ccc(OCc3cccnc3C(F)(F)F)cc2c1C(=O)NCC(C)(C)N1CCOCC1. The highest BCUT2D eigenvalue weighted by Crippen LogP contribution is 2.31. The summed E-state index contributed by atoms with van der Waals surface area (Å²) in [5, 5.41) is 7.94. The van der Waals surface area contributed by atoms with Crippen molar-refractivity contribution in [3.05, 3.63) is 53.5 Å². The maximum Gasteiger partial charge on any atom is 0.433 e. The van der Waals surface area contributed by atoms with E-state index in [2.05, 4.69) is 34.1 Å². The molecule has 1 amide bonds. The maximum absolute atomic E-state index is 13.2. The van der Waals surface area contributed by atoms with Gasteiger partial charge >= 0.3 is 6.18 Å². The van der Waals surface area contributed by atoms with Crippen molar-refractivity contribution in [2.75, 3.05) is 32.8 Å². The highest BCUT2D eigenvalue weighted by molar-refractivity contribution is 6.05. The van der Waals surface area contributed by atoms with Crippen LogP contribution in [0.2, 0.25) is 0 Å². The van der Waals surface area contributed by atoms with E-state index in [0.29, 0.717) is 42.1 Å². The number of pyridine rings is 1. The highest BCUT2D eigenvalue weighted by atomic mass is 19.4. The zero-order chi connectivity index (χ0) is 25.2. The Balaban J connectivity index is 1.50. The number of amides is 1. The number of ether oxygens (including phenoxy) is 2. The van der Waals surface area contributed by atoms with Gasteiger partial charge in [0.1, 0.15) is 18.1 Å². The minimum atomic E-state index is -4.58. The lowest BCUT2D eigenvalue weighted by Gasteiger charge is -2.40. The summed E-state index contributed by atoms with van der Waals surface area (Å²) in [4.78, 5) is 18.8. The average molecular weight is 492 g/mol. The van der Waals surface area contributed by atoms with Crippen molar-refractivity contribution in [2.45, 2.75) is 32.2 Å². The Kier molecular flexibility index (Phi) is 7.00. The summed E-state index contributed by atoms with van der Waals surface area (Å²) < 4.78 is 52.2. The molecule has 1 aromatic carbocycles. The quantitative estimate of drug-likeness (QED) is 0.546. The molecule has 188 valence electrons. The summed E-state index contributed by atoms with van der Waals surface area (Å²) in [7, 11) is 1.67. The van der Waals surface area contributed by atoms with Crippen molar-refractivity contribution in [2.24, 2.45) is 7.05 Å². The summed E-state index contributed by atoms with van der Waals surface area (Å²) in [5.74, 6) is 0.0327. The highest BCUT2D eigenvalue weighted by Gasteiger charge is 2.35. The number of fused-ring (bicyclic) bond motifs is 1. The molecule has 0 unspecified atom stereocenters. The number of morpholine rings is 1. The van der Waals surface area contributed by atoms with Crippen molar-refractivity contribution < 1.29 is 27.4 Å². The number of carbonyl (C=O) groups is 1. The molecule has 2 aromatic heterocycles. The summed E-state index contributed by atoms with van der Waals surface area (Å²) in [5.41, 5.74) is -0.391. The first kappa shape index (κ1) is 24.9. The Morgan fingerprint density at radius 1 is 1.20 bits per heavy atom. The summed E-state index contributed by atoms with van der Waals surface area (Å²) in [6.07, 6.45) is -3.48. The number of halogens is 3. The number of carbonyl (C=O) groups excluding carboxylic acids is 1. The molecule has 35 heavy (non-hydrogen) atoms.